The lowest BCUT2D eigenvalue weighted by Gasteiger charge is -2.07. The van der Waals surface area contributed by atoms with E-state index in [0.717, 1.165) is 0 Å². The summed E-state index contributed by atoms with van der Waals surface area (Å²) < 4.78 is 5.69. The van der Waals surface area contributed by atoms with Gasteiger partial charge in [-0.3, -0.25) is 0 Å². The Kier molecular flexibility index (Phi) is 7.24. The highest BCUT2D eigenvalue weighted by molar-refractivity contribution is 6.80. The predicted molar refractivity (Wildman–Crippen MR) is 83.8 cm³/mol. The van der Waals surface area contributed by atoms with E-state index in [1.54, 1.807) is 0 Å². The highest BCUT2D eigenvalue weighted by Gasteiger charge is 2.35. The summed E-state index contributed by atoms with van der Waals surface area (Å²) in [5, 5.41) is 0. The Morgan fingerprint density at radius 3 is 2.17 bits per heavy atom. The first-order valence-corrected chi connectivity index (χ1v) is 11.5. The lowest BCUT2D eigenvalue weighted by atomic mass is 10.1. The summed E-state index contributed by atoms with van der Waals surface area (Å²) in [6.07, 6.45) is 14.4. The quantitative estimate of drug-likeness (QED) is 0.296. The van der Waals surface area contributed by atoms with Crippen molar-refractivity contribution in [2.75, 3.05) is 0 Å². The second-order valence-corrected chi connectivity index (χ2v) is 11.8. The molecule has 0 unspecified atom stereocenters. The van der Waals surface area contributed by atoms with E-state index in [1.165, 1.54) is 51.4 Å². The van der Waals surface area contributed by atoms with Crippen LogP contribution in [0.25, 0.3) is 0 Å². The minimum atomic E-state index is -1.03. The topological polar surface area (TPSA) is 12.5 Å². The van der Waals surface area contributed by atoms with Crippen LogP contribution in [0.3, 0.4) is 0 Å². The molecule has 0 saturated carbocycles. The summed E-state index contributed by atoms with van der Waals surface area (Å²) in [7, 11) is -1.03. The first-order chi connectivity index (χ1) is 8.53. The molecule has 106 valence electrons. The van der Waals surface area contributed by atoms with Gasteiger partial charge >= 0.3 is 0 Å². The molecule has 1 fully saturated rings. The molecule has 0 amide bonds. The molecule has 1 aliphatic heterocycles. The summed E-state index contributed by atoms with van der Waals surface area (Å²) in [4.78, 5) is 0. The predicted octanol–water partition coefficient (Wildman–Crippen LogP) is 5.33. The van der Waals surface area contributed by atoms with Crippen LogP contribution in [-0.2, 0) is 4.74 Å². The van der Waals surface area contributed by atoms with Crippen molar-refractivity contribution in [2.45, 2.75) is 90.1 Å². The monoisotopic (exact) mass is 268 g/mol. The second kappa shape index (κ2) is 8.16. The van der Waals surface area contributed by atoms with Gasteiger partial charge in [-0.2, -0.15) is 0 Å². The molecule has 1 saturated heterocycles. The van der Waals surface area contributed by atoms with Crippen LogP contribution in [0.4, 0.5) is 0 Å². The first-order valence-electron chi connectivity index (χ1n) is 7.88. The van der Waals surface area contributed by atoms with E-state index in [-0.39, 0.29) is 0 Å². The Balaban J connectivity index is 1.92. The average molecular weight is 269 g/mol. The van der Waals surface area contributed by atoms with Crippen molar-refractivity contribution in [3.8, 4) is 0 Å². The Hall–Kier alpha value is -0.0831. The lowest BCUT2D eigenvalue weighted by molar-refractivity contribution is 0.372. The van der Waals surface area contributed by atoms with Gasteiger partial charge in [0.05, 0.1) is 14.2 Å². The van der Waals surface area contributed by atoms with Gasteiger partial charge < -0.3 is 4.74 Å². The zero-order valence-corrected chi connectivity index (χ0v) is 13.9. The molecule has 1 rings (SSSR count). The smallest absolute Gasteiger partial charge is 0.102 e. The van der Waals surface area contributed by atoms with E-state index in [9.17, 15) is 0 Å². The second-order valence-electron chi connectivity index (χ2n) is 6.77. The Bertz CT molecular complexity index is 242. The highest BCUT2D eigenvalue weighted by Crippen LogP contribution is 2.29. The molecular formula is C16H32OSi. The third-order valence-electron chi connectivity index (χ3n) is 3.50. The number of ether oxygens (including phenoxy) is 1. The molecule has 0 radical (unpaired) electrons. The number of rotatable bonds is 10. The molecule has 0 N–H and O–H groups in total. The third kappa shape index (κ3) is 8.10. The molecule has 0 bridgehead atoms. The van der Waals surface area contributed by atoms with Gasteiger partial charge in [-0.05, 0) is 6.42 Å². The van der Waals surface area contributed by atoms with Crippen LogP contribution in [0.2, 0.25) is 19.6 Å². The zero-order chi connectivity index (χ0) is 13.4. The summed E-state index contributed by atoms with van der Waals surface area (Å²) in [6, 6.07) is 0. The van der Waals surface area contributed by atoms with E-state index in [0.29, 0.717) is 12.2 Å². The maximum absolute atomic E-state index is 5.69. The minimum absolute atomic E-state index is 0.455. The van der Waals surface area contributed by atoms with Crippen molar-refractivity contribution in [3.63, 3.8) is 0 Å². The molecule has 18 heavy (non-hydrogen) atoms. The van der Waals surface area contributed by atoms with Crippen molar-refractivity contribution in [1.82, 2.24) is 0 Å². The van der Waals surface area contributed by atoms with Crippen molar-refractivity contribution >= 4 is 8.07 Å². The molecular weight excluding hydrogens is 236 g/mol. The van der Waals surface area contributed by atoms with Crippen LogP contribution in [0, 0.1) is 0 Å². The van der Waals surface area contributed by atoms with Gasteiger partial charge in [0, 0.05) is 0 Å². The average Bonchev–Trinajstić information content (AvgIpc) is 3.03. The first kappa shape index (κ1) is 16.0. The van der Waals surface area contributed by atoms with Gasteiger partial charge in [-0.15, -0.1) is 0 Å². The Labute approximate surface area is 115 Å². The third-order valence-corrected chi connectivity index (χ3v) is 4.69. The molecule has 2 heteroatoms. The fourth-order valence-electron chi connectivity index (χ4n) is 2.24. The van der Waals surface area contributed by atoms with Crippen LogP contribution in [-0.4, -0.2) is 20.3 Å². The molecule has 0 aliphatic carbocycles. The zero-order valence-electron chi connectivity index (χ0n) is 12.9. The number of hydrogen-bond acceptors (Lipinski definition) is 1. The SMILES string of the molecule is CCCCCCCCC[C@H]1O[C@@H]1/C=C/[Si](C)(C)C. The standard InChI is InChI=1S/C16H32OSi/c1-5-6-7-8-9-10-11-12-15-16(17-15)13-14-18(2,3)4/h13-16H,5-12H2,1-4H3/b14-13+/t15-,16-/m1/s1. The van der Waals surface area contributed by atoms with Crippen LogP contribution >= 0.6 is 0 Å². The maximum Gasteiger partial charge on any atom is 0.102 e. The highest BCUT2D eigenvalue weighted by atomic mass is 28.3. The van der Waals surface area contributed by atoms with Crippen molar-refractivity contribution < 1.29 is 4.74 Å². The Morgan fingerprint density at radius 1 is 0.944 bits per heavy atom. The largest absolute Gasteiger partial charge is 0.365 e. The fraction of sp³-hybridized carbons (Fsp3) is 0.875. The number of unbranched alkanes of at least 4 members (excludes halogenated alkanes) is 6. The summed E-state index contributed by atoms with van der Waals surface area (Å²) in [5.74, 6) is 0. The van der Waals surface area contributed by atoms with Crippen molar-refractivity contribution in [3.05, 3.63) is 11.8 Å². The fourth-order valence-corrected chi connectivity index (χ4v) is 3.01. The molecule has 0 aromatic rings. The lowest BCUT2D eigenvalue weighted by Crippen LogP contribution is -2.15. The van der Waals surface area contributed by atoms with Gasteiger partial charge in [0.1, 0.15) is 6.10 Å². The summed E-state index contributed by atoms with van der Waals surface area (Å²) in [6.45, 7) is 9.39. The summed E-state index contributed by atoms with van der Waals surface area (Å²) in [5.41, 5.74) is 2.42. The molecule has 1 aliphatic rings. The van der Waals surface area contributed by atoms with Crippen LogP contribution < -0.4 is 0 Å². The number of epoxide rings is 1. The van der Waals surface area contributed by atoms with E-state index in [4.69, 9.17) is 4.74 Å². The molecule has 0 aromatic heterocycles. The van der Waals surface area contributed by atoms with Gasteiger partial charge in [0.25, 0.3) is 0 Å². The van der Waals surface area contributed by atoms with Gasteiger partial charge in [0.15, 0.2) is 0 Å². The maximum atomic E-state index is 5.69. The van der Waals surface area contributed by atoms with Crippen molar-refractivity contribution in [1.29, 1.82) is 0 Å². The molecule has 0 spiro atoms. The van der Waals surface area contributed by atoms with Crippen LogP contribution in [0.5, 0.6) is 0 Å². The van der Waals surface area contributed by atoms with E-state index in [1.807, 2.05) is 0 Å². The van der Waals surface area contributed by atoms with Crippen LogP contribution in [0.1, 0.15) is 58.3 Å². The van der Waals surface area contributed by atoms with E-state index < -0.39 is 8.07 Å². The van der Waals surface area contributed by atoms with Crippen molar-refractivity contribution in [2.24, 2.45) is 0 Å². The van der Waals surface area contributed by atoms with Crippen LogP contribution in [0.15, 0.2) is 11.8 Å². The van der Waals surface area contributed by atoms with E-state index >= 15 is 0 Å². The molecule has 0 aromatic carbocycles. The number of hydrogen-bond donors (Lipinski definition) is 0. The molecule has 1 nitrogen and oxygen atoms in total. The van der Waals surface area contributed by atoms with Gasteiger partial charge in [-0.25, -0.2) is 0 Å². The summed E-state index contributed by atoms with van der Waals surface area (Å²) >= 11 is 0. The minimum Gasteiger partial charge on any atom is -0.365 e. The van der Waals surface area contributed by atoms with Gasteiger partial charge in [-0.1, -0.05) is 83.3 Å². The Morgan fingerprint density at radius 2 is 1.56 bits per heavy atom. The molecule has 2 atom stereocenters. The van der Waals surface area contributed by atoms with Gasteiger partial charge in [0.2, 0.25) is 0 Å². The normalized spacial score (nSPS) is 23.8. The molecule has 1 heterocycles. The van der Waals surface area contributed by atoms with E-state index in [2.05, 4.69) is 38.3 Å².